The van der Waals surface area contributed by atoms with Crippen LogP contribution in [0.15, 0.2) is 72.9 Å². The minimum Gasteiger partial charge on any atom is -0.481 e. The van der Waals surface area contributed by atoms with Crippen LogP contribution in [0.2, 0.25) is 0 Å². The van der Waals surface area contributed by atoms with Gasteiger partial charge >= 0.3 is 11.9 Å². The summed E-state index contributed by atoms with van der Waals surface area (Å²) in [6, 6.07) is 0. The zero-order chi connectivity index (χ0) is 39.3. The molecule has 0 spiro atoms. The molecule has 0 aromatic rings. The molecule has 0 bridgehead atoms. The quantitative estimate of drug-likeness (QED) is 0.0384. The molecule has 0 rings (SSSR count). The molecule has 0 saturated carbocycles. The normalized spacial score (nSPS) is 12.9. The van der Waals surface area contributed by atoms with E-state index >= 15 is 0 Å². The van der Waals surface area contributed by atoms with E-state index < -0.39 is 5.97 Å². The van der Waals surface area contributed by atoms with Gasteiger partial charge in [-0.3, -0.25) is 9.59 Å². The third kappa shape index (κ3) is 43.8. The maximum atomic E-state index is 12.7. The second-order valence-corrected chi connectivity index (χ2v) is 15.2. The highest BCUT2D eigenvalue weighted by atomic mass is 16.5. The number of carboxylic acid groups (broad SMARTS) is 1. The molecule has 54 heavy (non-hydrogen) atoms. The molecule has 0 aromatic carbocycles. The van der Waals surface area contributed by atoms with E-state index in [0.717, 1.165) is 103 Å². The lowest BCUT2D eigenvalue weighted by molar-refractivity contribution is -0.150. The summed E-state index contributed by atoms with van der Waals surface area (Å²) in [4.78, 5) is 23.5. The Morgan fingerprint density at radius 3 is 1.28 bits per heavy atom. The van der Waals surface area contributed by atoms with Crippen molar-refractivity contribution in [3.8, 4) is 0 Å². The van der Waals surface area contributed by atoms with Crippen LogP contribution in [0.5, 0.6) is 0 Å². The number of hydrogen-bond donors (Lipinski definition) is 1. The maximum absolute atomic E-state index is 12.7. The Balaban J connectivity index is 4.01. The van der Waals surface area contributed by atoms with Crippen molar-refractivity contribution in [1.29, 1.82) is 0 Å². The third-order valence-corrected chi connectivity index (χ3v) is 9.91. The summed E-state index contributed by atoms with van der Waals surface area (Å²) in [5.74, 6) is -0.734. The molecule has 0 aliphatic heterocycles. The number of unbranched alkanes of at least 4 members (excludes halogenated alkanes) is 20. The fraction of sp³-hybridized carbons (Fsp3) is 0.720. The van der Waals surface area contributed by atoms with Crippen molar-refractivity contribution in [1.82, 2.24) is 0 Å². The number of carbonyl (C=O) groups excluding carboxylic acids is 1. The zero-order valence-electron chi connectivity index (χ0n) is 35.5. The summed E-state index contributed by atoms with van der Waals surface area (Å²) in [6.07, 6.45) is 63.6. The van der Waals surface area contributed by atoms with Crippen LogP contribution in [-0.2, 0) is 14.3 Å². The van der Waals surface area contributed by atoms with E-state index in [0.29, 0.717) is 6.42 Å². The predicted octanol–water partition coefficient (Wildman–Crippen LogP) is 16.2. The van der Waals surface area contributed by atoms with Crippen LogP contribution in [0, 0.1) is 0 Å². The number of ether oxygens (including phenoxy) is 1. The van der Waals surface area contributed by atoms with E-state index in [1.54, 1.807) is 0 Å². The van der Waals surface area contributed by atoms with E-state index in [4.69, 9.17) is 9.84 Å². The number of hydrogen-bond acceptors (Lipinski definition) is 3. The first-order chi connectivity index (χ1) is 26.6. The highest BCUT2D eigenvalue weighted by Gasteiger charge is 2.14. The monoisotopic (exact) mass is 751 g/mol. The fourth-order valence-corrected chi connectivity index (χ4v) is 6.56. The Morgan fingerprint density at radius 1 is 0.426 bits per heavy atom. The Bertz CT molecular complexity index is 985. The molecule has 1 N–H and O–H groups in total. The summed E-state index contributed by atoms with van der Waals surface area (Å²) in [5.41, 5.74) is 0. The molecule has 0 fully saturated rings. The summed E-state index contributed by atoms with van der Waals surface area (Å²) in [7, 11) is 0. The first-order valence-corrected chi connectivity index (χ1v) is 22.9. The lowest BCUT2D eigenvalue weighted by Crippen LogP contribution is -2.18. The average Bonchev–Trinajstić information content (AvgIpc) is 3.16. The molecular weight excluding hydrogens is 665 g/mol. The van der Waals surface area contributed by atoms with Crippen LogP contribution in [-0.4, -0.2) is 23.1 Å². The molecule has 0 aromatic heterocycles. The van der Waals surface area contributed by atoms with Crippen molar-refractivity contribution < 1.29 is 19.4 Å². The summed E-state index contributed by atoms with van der Waals surface area (Å²) in [6.45, 7) is 4.43. The number of esters is 1. The number of aliphatic carboxylic acids is 1. The van der Waals surface area contributed by atoms with Gasteiger partial charge in [0.15, 0.2) is 0 Å². The van der Waals surface area contributed by atoms with Gasteiger partial charge in [-0.25, -0.2) is 0 Å². The smallest absolute Gasteiger partial charge is 0.306 e. The van der Waals surface area contributed by atoms with Gasteiger partial charge in [-0.2, -0.15) is 0 Å². The Morgan fingerprint density at radius 2 is 0.796 bits per heavy atom. The highest BCUT2D eigenvalue weighted by molar-refractivity contribution is 5.69. The highest BCUT2D eigenvalue weighted by Crippen LogP contribution is 2.18. The SMILES string of the molecule is CC/C=C\C/C=C\C/C=C\C/C=C\CCCCCCCCCCCCC(=O)OC(CCC/C=C\C/C=C\CCCCCCC)CCCCCCCC(=O)O. The van der Waals surface area contributed by atoms with Crippen molar-refractivity contribution in [2.45, 2.75) is 232 Å². The molecule has 4 nitrogen and oxygen atoms in total. The summed E-state index contributed by atoms with van der Waals surface area (Å²) in [5, 5.41) is 8.85. The molecule has 0 aliphatic carbocycles. The second-order valence-electron chi connectivity index (χ2n) is 15.2. The van der Waals surface area contributed by atoms with Gasteiger partial charge in [-0.05, 0) is 103 Å². The van der Waals surface area contributed by atoms with E-state index in [1.807, 2.05) is 0 Å². The fourth-order valence-electron chi connectivity index (χ4n) is 6.56. The van der Waals surface area contributed by atoms with Gasteiger partial charge in [0, 0.05) is 12.8 Å². The second kappa shape index (κ2) is 44.8. The van der Waals surface area contributed by atoms with Crippen molar-refractivity contribution in [2.75, 3.05) is 0 Å². The van der Waals surface area contributed by atoms with Crippen LogP contribution >= 0.6 is 0 Å². The summed E-state index contributed by atoms with van der Waals surface area (Å²) >= 11 is 0. The van der Waals surface area contributed by atoms with Crippen molar-refractivity contribution in [3.63, 3.8) is 0 Å². The molecule has 310 valence electrons. The first-order valence-electron chi connectivity index (χ1n) is 22.9. The molecule has 0 saturated heterocycles. The van der Waals surface area contributed by atoms with Crippen molar-refractivity contribution in [2.24, 2.45) is 0 Å². The number of carbonyl (C=O) groups is 2. The van der Waals surface area contributed by atoms with Gasteiger partial charge in [-0.1, -0.05) is 183 Å². The third-order valence-electron chi connectivity index (χ3n) is 9.91. The van der Waals surface area contributed by atoms with Crippen LogP contribution in [0.4, 0.5) is 0 Å². The average molecular weight is 751 g/mol. The summed E-state index contributed by atoms with van der Waals surface area (Å²) < 4.78 is 6.00. The topological polar surface area (TPSA) is 63.6 Å². The van der Waals surface area contributed by atoms with Gasteiger partial charge in [0.1, 0.15) is 6.10 Å². The molecule has 0 heterocycles. The predicted molar refractivity (Wildman–Crippen MR) is 236 cm³/mol. The van der Waals surface area contributed by atoms with Crippen LogP contribution in [0.1, 0.15) is 226 Å². The van der Waals surface area contributed by atoms with E-state index in [9.17, 15) is 9.59 Å². The van der Waals surface area contributed by atoms with Crippen LogP contribution < -0.4 is 0 Å². The minimum absolute atomic E-state index is 0.00596. The van der Waals surface area contributed by atoms with Gasteiger partial charge in [0.05, 0.1) is 0 Å². The van der Waals surface area contributed by atoms with Crippen LogP contribution in [0.3, 0.4) is 0 Å². The van der Waals surface area contributed by atoms with Gasteiger partial charge in [0.25, 0.3) is 0 Å². The minimum atomic E-state index is -0.708. The Kier molecular flexibility index (Phi) is 42.6. The first kappa shape index (κ1) is 51.4. The van der Waals surface area contributed by atoms with Crippen molar-refractivity contribution in [3.05, 3.63) is 72.9 Å². The van der Waals surface area contributed by atoms with Crippen LogP contribution in [0.25, 0.3) is 0 Å². The maximum Gasteiger partial charge on any atom is 0.306 e. The van der Waals surface area contributed by atoms with Crippen molar-refractivity contribution >= 4 is 11.9 Å². The Hall–Kier alpha value is -2.62. The molecule has 1 atom stereocenters. The number of carboxylic acids is 1. The molecule has 0 radical (unpaired) electrons. The molecular formula is C50H86O4. The van der Waals surface area contributed by atoms with Gasteiger partial charge in [0.2, 0.25) is 0 Å². The lowest BCUT2D eigenvalue weighted by Gasteiger charge is -2.18. The molecule has 0 amide bonds. The van der Waals surface area contributed by atoms with Gasteiger partial charge in [-0.15, -0.1) is 0 Å². The number of rotatable bonds is 41. The molecule has 1 unspecified atom stereocenters. The standard InChI is InChI=1S/C50H86O4/c1-3-5-7-9-11-13-15-17-18-19-20-21-22-23-24-25-26-28-30-32-34-39-43-47-50(53)54-48(45-41-37-35-38-42-46-49(51)52)44-40-36-33-31-29-27-16-14-12-10-8-6-4-2/h5,7,11,13,16-18,20-21,27,31,33,48H,3-4,6,8-10,12,14-15,19,22-26,28-30,32,34-47H2,1-2H3,(H,51,52)/b7-5-,13-11-,18-17-,21-20-,27-16-,33-31-. The van der Waals surface area contributed by atoms with Gasteiger partial charge < -0.3 is 9.84 Å². The largest absolute Gasteiger partial charge is 0.481 e. The van der Waals surface area contributed by atoms with E-state index in [1.165, 1.54) is 96.3 Å². The molecule has 4 heteroatoms. The lowest BCUT2D eigenvalue weighted by atomic mass is 10.0. The molecule has 0 aliphatic rings. The van der Waals surface area contributed by atoms with E-state index in [2.05, 4.69) is 86.8 Å². The van der Waals surface area contributed by atoms with E-state index in [-0.39, 0.29) is 18.5 Å². The Labute approximate surface area is 335 Å². The zero-order valence-corrected chi connectivity index (χ0v) is 35.5. The number of allylic oxidation sites excluding steroid dienone is 12.